The second kappa shape index (κ2) is 9.08. The number of benzene rings is 3. The summed E-state index contributed by atoms with van der Waals surface area (Å²) in [4.78, 5) is 13.5. The van der Waals surface area contributed by atoms with E-state index in [1.54, 1.807) is 42.6 Å². The molecule has 1 aromatic heterocycles. The Bertz CT molecular complexity index is 1420. The van der Waals surface area contributed by atoms with Gasteiger partial charge in [0.1, 0.15) is 0 Å². The maximum atomic E-state index is 13.5. The molecule has 0 unspecified atom stereocenters. The second-order valence-corrected chi connectivity index (χ2v) is 9.29. The van der Waals surface area contributed by atoms with Gasteiger partial charge in [0.25, 0.3) is 5.56 Å². The molecule has 0 radical (unpaired) electrons. The normalized spacial score (nSPS) is 11.4. The van der Waals surface area contributed by atoms with Gasteiger partial charge in [-0.3, -0.25) is 4.79 Å². The fraction of sp³-hybridized carbons (Fsp3) is 0.0833. The standard InChI is InChI=1S/C24H20ClN3O3S/c25-19-7-4-8-20(15-19)28-24(29)22(14-9-17-5-2-1-3-6-17)23(16-27-28)18-10-12-21(13-11-18)32(26,30)31/h1-8,10-13,15-16H,9,14H2,(H2,26,30,31). The minimum Gasteiger partial charge on any atom is -0.267 e. The zero-order valence-corrected chi connectivity index (χ0v) is 18.6. The van der Waals surface area contributed by atoms with Crippen LogP contribution < -0.4 is 10.7 Å². The molecule has 0 aliphatic carbocycles. The van der Waals surface area contributed by atoms with Gasteiger partial charge in [-0.25, -0.2) is 13.6 Å². The monoisotopic (exact) mass is 465 g/mol. The fourth-order valence-corrected chi connectivity index (χ4v) is 4.21. The lowest BCUT2D eigenvalue weighted by atomic mass is 9.97. The first-order valence-corrected chi connectivity index (χ1v) is 11.8. The van der Waals surface area contributed by atoms with Crippen LogP contribution in [0.5, 0.6) is 0 Å². The van der Waals surface area contributed by atoms with Crippen molar-refractivity contribution in [1.82, 2.24) is 9.78 Å². The lowest BCUT2D eigenvalue weighted by Crippen LogP contribution is -2.26. The third-order valence-electron chi connectivity index (χ3n) is 5.13. The minimum atomic E-state index is -3.81. The predicted octanol–water partition coefficient (Wildman–Crippen LogP) is 3.99. The molecule has 0 saturated carbocycles. The summed E-state index contributed by atoms with van der Waals surface area (Å²) >= 11 is 6.10. The van der Waals surface area contributed by atoms with Crippen molar-refractivity contribution < 1.29 is 8.42 Å². The molecule has 6 nitrogen and oxygen atoms in total. The number of rotatable bonds is 6. The van der Waals surface area contributed by atoms with Gasteiger partial charge in [0.05, 0.1) is 16.8 Å². The van der Waals surface area contributed by atoms with E-state index in [2.05, 4.69) is 5.10 Å². The molecule has 0 aliphatic rings. The predicted molar refractivity (Wildman–Crippen MR) is 126 cm³/mol. The van der Waals surface area contributed by atoms with E-state index in [1.165, 1.54) is 16.8 Å². The summed E-state index contributed by atoms with van der Waals surface area (Å²) in [6.45, 7) is 0. The largest absolute Gasteiger partial charge is 0.275 e. The highest BCUT2D eigenvalue weighted by atomic mass is 35.5. The number of hydrogen-bond donors (Lipinski definition) is 1. The van der Waals surface area contributed by atoms with Crippen LogP contribution in [0.3, 0.4) is 0 Å². The highest BCUT2D eigenvalue weighted by Crippen LogP contribution is 2.24. The third kappa shape index (κ3) is 4.80. The molecule has 1 heterocycles. The van der Waals surface area contributed by atoms with E-state index in [0.717, 1.165) is 5.56 Å². The van der Waals surface area contributed by atoms with Crippen LogP contribution in [0.2, 0.25) is 5.02 Å². The number of hydrogen-bond acceptors (Lipinski definition) is 4. The fourth-order valence-electron chi connectivity index (χ4n) is 3.51. The SMILES string of the molecule is NS(=O)(=O)c1ccc(-c2cnn(-c3cccc(Cl)c3)c(=O)c2CCc2ccccc2)cc1. The van der Waals surface area contributed by atoms with Crippen molar-refractivity contribution in [3.05, 3.63) is 112 Å². The van der Waals surface area contributed by atoms with Gasteiger partial charge in [-0.1, -0.05) is 60.1 Å². The number of nitrogens with zero attached hydrogens (tertiary/aromatic N) is 2. The van der Waals surface area contributed by atoms with Crippen LogP contribution in [0.4, 0.5) is 0 Å². The quantitative estimate of drug-likeness (QED) is 0.465. The Labute approximate surface area is 191 Å². The number of nitrogens with two attached hydrogens (primary N) is 1. The molecule has 162 valence electrons. The summed E-state index contributed by atoms with van der Waals surface area (Å²) in [6, 6.07) is 22.9. The van der Waals surface area contributed by atoms with Crippen LogP contribution in [0.1, 0.15) is 11.1 Å². The second-order valence-electron chi connectivity index (χ2n) is 7.29. The van der Waals surface area contributed by atoms with E-state index < -0.39 is 10.0 Å². The summed E-state index contributed by atoms with van der Waals surface area (Å²) in [5, 5.41) is 10.1. The van der Waals surface area contributed by atoms with E-state index in [0.29, 0.717) is 40.2 Å². The third-order valence-corrected chi connectivity index (χ3v) is 6.30. The maximum Gasteiger partial charge on any atom is 0.275 e. The molecule has 0 bridgehead atoms. The van der Waals surface area contributed by atoms with Gasteiger partial charge in [-0.2, -0.15) is 9.78 Å². The molecule has 3 aromatic carbocycles. The highest BCUT2D eigenvalue weighted by Gasteiger charge is 2.16. The van der Waals surface area contributed by atoms with Gasteiger partial charge in [0.15, 0.2) is 0 Å². The Balaban J connectivity index is 1.81. The van der Waals surface area contributed by atoms with Gasteiger partial charge in [-0.05, 0) is 54.3 Å². The van der Waals surface area contributed by atoms with Crippen LogP contribution in [0, 0.1) is 0 Å². The van der Waals surface area contributed by atoms with Gasteiger partial charge in [-0.15, -0.1) is 0 Å². The summed E-state index contributed by atoms with van der Waals surface area (Å²) in [6.07, 6.45) is 2.77. The molecule has 32 heavy (non-hydrogen) atoms. The number of primary sulfonamides is 1. The van der Waals surface area contributed by atoms with Crippen molar-refractivity contribution in [1.29, 1.82) is 0 Å². The minimum absolute atomic E-state index is 0.00677. The highest BCUT2D eigenvalue weighted by molar-refractivity contribution is 7.89. The van der Waals surface area contributed by atoms with Crippen LogP contribution in [0.25, 0.3) is 16.8 Å². The van der Waals surface area contributed by atoms with E-state index >= 15 is 0 Å². The molecule has 0 aliphatic heterocycles. The average molecular weight is 466 g/mol. The number of aryl methyl sites for hydroxylation is 1. The van der Waals surface area contributed by atoms with E-state index in [-0.39, 0.29) is 10.5 Å². The molecule has 8 heteroatoms. The van der Waals surface area contributed by atoms with Crippen molar-refractivity contribution in [2.45, 2.75) is 17.7 Å². The summed E-state index contributed by atoms with van der Waals surface area (Å²) < 4.78 is 24.5. The van der Waals surface area contributed by atoms with Crippen molar-refractivity contribution in [2.75, 3.05) is 0 Å². The van der Waals surface area contributed by atoms with Gasteiger partial charge in [0.2, 0.25) is 10.0 Å². The molecule has 0 saturated heterocycles. The molecular weight excluding hydrogens is 446 g/mol. The Morgan fingerprint density at radius 2 is 1.62 bits per heavy atom. The van der Waals surface area contributed by atoms with Gasteiger partial charge in [0, 0.05) is 16.1 Å². The van der Waals surface area contributed by atoms with E-state index in [4.69, 9.17) is 16.7 Å². The molecule has 2 N–H and O–H groups in total. The van der Waals surface area contributed by atoms with E-state index in [1.807, 2.05) is 30.3 Å². The van der Waals surface area contributed by atoms with Crippen molar-refractivity contribution in [2.24, 2.45) is 5.14 Å². The van der Waals surface area contributed by atoms with Crippen LogP contribution in [-0.4, -0.2) is 18.2 Å². The zero-order chi connectivity index (χ0) is 22.7. The molecule has 0 atom stereocenters. The Morgan fingerprint density at radius 3 is 2.28 bits per heavy atom. The lowest BCUT2D eigenvalue weighted by molar-refractivity contribution is 0.598. The number of halogens is 1. The average Bonchev–Trinajstić information content (AvgIpc) is 2.78. The lowest BCUT2D eigenvalue weighted by Gasteiger charge is -2.13. The first-order valence-electron chi connectivity index (χ1n) is 9.87. The maximum absolute atomic E-state index is 13.5. The Kier molecular flexibility index (Phi) is 6.23. The van der Waals surface area contributed by atoms with Crippen molar-refractivity contribution >= 4 is 21.6 Å². The van der Waals surface area contributed by atoms with Gasteiger partial charge < -0.3 is 0 Å². The first kappa shape index (κ1) is 22.0. The molecule has 4 aromatic rings. The molecule has 0 spiro atoms. The summed E-state index contributed by atoms with van der Waals surface area (Å²) in [5.41, 5.74) is 3.32. The van der Waals surface area contributed by atoms with Crippen LogP contribution >= 0.6 is 11.6 Å². The molecular formula is C24H20ClN3O3S. The first-order chi connectivity index (χ1) is 15.3. The van der Waals surface area contributed by atoms with Gasteiger partial charge >= 0.3 is 0 Å². The molecule has 0 amide bonds. The number of sulfonamides is 1. The Hall–Kier alpha value is -3.26. The Morgan fingerprint density at radius 1 is 0.906 bits per heavy atom. The van der Waals surface area contributed by atoms with Crippen molar-refractivity contribution in [3.63, 3.8) is 0 Å². The molecule has 4 rings (SSSR count). The summed E-state index contributed by atoms with van der Waals surface area (Å²) in [5.74, 6) is 0. The smallest absolute Gasteiger partial charge is 0.267 e. The van der Waals surface area contributed by atoms with E-state index in [9.17, 15) is 13.2 Å². The van der Waals surface area contributed by atoms with Crippen LogP contribution in [-0.2, 0) is 22.9 Å². The topological polar surface area (TPSA) is 95.1 Å². The molecule has 0 fully saturated rings. The van der Waals surface area contributed by atoms with Crippen LogP contribution in [0.15, 0.2) is 94.7 Å². The zero-order valence-electron chi connectivity index (χ0n) is 17.0. The van der Waals surface area contributed by atoms with Crippen molar-refractivity contribution in [3.8, 4) is 16.8 Å². The summed E-state index contributed by atoms with van der Waals surface area (Å²) in [7, 11) is -3.81. The number of aromatic nitrogens is 2.